The zero-order valence-electron chi connectivity index (χ0n) is 19.8. The number of carboxylic acids is 1. The molecule has 0 aromatic heterocycles. The van der Waals surface area contributed by atoms with Crippen molar-refractivity contribution >= 4 is 17.6 Å². The molecule has 0 unspecified atom stereocenters. The molecule has 0 aliphatic heterocycles. The summed E-state index contributed by atoms with van der Waals surface area (Å²) >= 11 is 0. The highest BCUT2D eigenvalue weighted by Crippen LogP contribution is 2.55. The molecule has 3 rings (SSSR count). The maximum Gasteiger partial charge on any atom is 0.335 e. The van der Waals surface area contributed by atoms with E-state index in [1.807, 2.05) is 12.1 Å². The molecule has 0 atom stereocenters. The lowest BCUT2D eigenvalue weighted by Crippen LogP contribution is -2.35. The van der Waals surface area contributed by atoms with Crippen molar-refractivity contribution in [3.05, 3.63) is 58.1 Å². The van der Waals surface area contributed by atoms with Gasteiger partial charge in [-0.25, -0.2) is 4.79 Å². The molecule has 0 amide bonds. The van der Waals surface area contributed by atoms with Crippen molar-refractivity contribution in [3.8, 4) is 11.5 Å². The lowest BCUT2D eigenvalue weighted by atomic mass is 9.62. The fraction of sp³-hybridized carbons (Fsp3) is 0.444. The summed E-state index contributed by atoms with van der Waals surface area (Å²) < 4.78 is 12.0. The van der Waals surface area contributed by atoms with Crippen LogP contribution >= 0.6 is 0 Å². The van der Waals surface area contributed by atoms with Crippen LogP contribution in [0, 0.1) is 0 Å². The number of benzene rings is 2. The van der Waals surface area contributed by atoms with Crippen LogP contribution in [0.2, 0.25) is 0 Å². The van der Waals surface area contributed by atoms with E-state index in [-0.39, 0.29) is 16.4 Å². The molecule has 1 aliphatic rings. The Bertz CT molecular complexity index is 1010. The zero-order valence-corrected chi connectivity index (χ0v) is 19.8. The number of ether oxygens (including phenoxy) is 2. The van der Waals surface area contributed by atoms with Crippen molar-refractivity contribution in [2.75, 3.05) is 14.2 Å². The van der Waals surface area contributed by atoms with Crippen molar-refractivity contribution in [1.82, 2.24) is 0 Å². The van der Waals surface area contributed by atoms with E-state index in [1.165, 1.54) is 11.1 Å². The third kappa shape index (κ3) is 4.21. The lowest BCUT2D eigenvalue weighted by Gasteiger charge is -2.43. The maximum absolute atomic E-state index is 11.2. The molecule has 0 spiro atoms. The van der Waals surface area contributed by atoms with Crippen molar-refractivity contribution in [2.24, 2.45) is 0 Å². The molecule has 1 N–H and O–H groups in total. The van der Waals surface area contributed by atoms with E-state index in [1.54, 1.807) is 26.4 Å². The van der Waals surface area contributed by atoms with Crippen LogP contribution in [0.3, 0.4) is 0 Å². The number of aromatic carboxylic acids is 1. The van der Waals surface area contributed by atoms with E-state index in [4.69, 9.17) is 14.6 Å². The molecule has 1 aliphatic carbocycles. The molecule has 4 nitrogen and oxygen atoms in total. The summed E-state index contributed by atoms with van der Waals surface area (Å²) in [5.41, 5.74) is 5.86. The van der Waals surface area contributed by atoms with Gasteiger partial charge in [-0.15, -0.1) is 0 Å². The minimum absolute atomic E-state index is 0.00472. The number of methoxy groups -OCH3 is 2. The summed E-state index contributed by atoms with van der Waals surface area (Å²) in [4.78, 5) is 11.2. The number of rotatable bonds is 6. The lowest BCUT2D eigenvalue weighted by molar-refractivity contribution is 0.0697. The first-order valence-corrected chi connectivity index (χ1v) is 10.9. The summed E-state index contributed by atoms with van der Waals surface area (Å²) in [5, 5.41) is 9.17. The van der Waals surface area contributed by atoms with Crippen LogP contribution in [-0.4, -0.2) is 25.3 Å². The van der Waals surface area contributed by atoms with E-state index in [0.29, 0.717) is 0 Å². The Morgan fingerprint density at radius 3 is 2.06 bits per heavy atom. The van der Waals surface area contributed by atoms with Crippen molar-refractivity contribution in [1.29, 1.82) is 0 Å². The zero-order chi connectivity index (χ0) is 23.0. The first-order chi connectivity index (χ1) is 14.6. The summed E-state index contributed by atoms with van der Waals surface area (Å²) in [7, 11) is 3.49. The molecule has 0 fully saturated rings. The van der Waals surface area contributed by atoms with Crippen molar-refractivity contribution in [3.63, 3.8) is 0 Å². The molecule has 0 heterocycles. The van der Waals surface area contributed by atoms with Crippen LogP contribution in [0.5, 0.6) is 11.5 Å². The van der Waals surface area contributed by atoms with E-state index < -0.39 is 5.97 Å². The fourth-order valence-corrected chi connectivity index (χ4v) is 4.74. The summed E-state index contributed by atoms with van der Waals surface area (Å²) in [6.45, 7) is 11.3. The van der Waals surface area contributed by atoms with Crippen molar-refractivity contribution in [2.45, 2.75) is 64.7 Å². The number of carboxylic acid groups (broad SMARTS) is 1. The van der Waals surface area contributed by atoms with Gasteiger partial charge in [0.25, 0.3) is 0 Å². The van der Waals surface area contributed by atoms with E-state index in [9.17, 15) is 4.79 Å². The first kappa shape index (κ1) is 22.9. The number of carbonyl (C=O) groups is 1. The number of fused-ring (bicyclic) bond motifs is 1. The quantitative estimate of drug-likeness (QED) is 0.526. The van der Waals surface area contributed by atoms with Crippen LogP contribution in [0.4, 0.5) is 0 Å². The van der Waals surface area contributed by atoms with Crippen LogP contribution in [0.1, 0.15) is 86.5 Å². The Hall–Kier alpha value is -2.75. The molecule has 0 saturated heterocycles. The number of hydrogen-bond donors (Lipinski definition) is 1. The van der Waals surface area contributed by atoms with E-state index in [0.717, 1.165) is 47.5 Å². The van der Waals surface area contributed by atoms with Gasteiger partial charge in [0.1, 0.15) is 11.5 Å². The molecule has 31 heavy (non-hydrogen) atoms. The Labute approximate surface area is 185 Å². The summed E-state index contributed by atoms with van der Waals surface area (Å²) in [6.07, 6.45) is 5.09. The summed E-state index contributed by atoms with van der Waals surface area (Å²) in [6, 6.07) is 9.07. The number of allylic oxidation sites excluding steroid dienone is 1. The van der Waals surface area contributed by atoms with Gasteiger partial charge >= 0.3 is 5.97 Å². The van der Waals surface area contributed by atoms with Crippen LogP contribution in [0.15, 0.2) is 30.3 Å². The smallest absolute Gasteiger partial charge is 0.335 e. The standard InChI is InChI=1S/C27H34O4/c1-8-18(15-17-9-11-19(12-10-17)25(28)29)20-16-21(30-6)22-23(24(20)31-7)27(4,5)14-13-26(22,2)3/h9-12,15-16H,8,13-14H2,1-7H3,(H,28,29)/b18-15+. The molecular formula is C27H34O4. The molecule has 4 heteroatoms. The maximum atomic E-state index is 11.2. The van der Waals surface area contributed by atoms with Gasteiger partial charge < -0.3 is 14.6 Å². The topological polar surface area (TPSA) is 55.8 Å². The third-order valence-corrected chi connectivity index (χ3v) is 6.62. The largest absolute Gasteiger partial charge is 0.496 e. The van der Waals surface area contributed by atoms with E-state index >= 15 is 0 Å². The molecule has 2 aromatic carbocycles. The first-order valence-electron chi connectivity index (χ1n) is 10.9. The Morgan fingerprint density at radius 1 is 1.00 bits per heavy atom. The molecule has 0 bridgehead atoms. The number of hydrogen-bond acceptors (Lipinski definition) is 3. The predicted octanol–water partition coefficient (Wildman–Crippen LogP) is 6.70. The Morgan fingerprint density at radius 2 is 1.58 bits per heavy atom. The molecule has 0 saturated carbocycles. The average molecular weight is 423 g/mol. The van der Waals surface area contributed by atoms with Gasteiger partial charge in [0.2, 0.25) is 0 Å². The monoisotopic (exact) mass is 422 g/mol. The Balaban J connectivity index is 2.26. The highest BCUT2D eigenvalue weighted by Gasteiger charge is 2.42. The fourth-order valence-electron chi connectivity index (χ4n) is 4.74. The van der Waals surface area contributed by atoms with Crippen LogP contribution in [0.25, 0.3) is 11.6 Å². The minimum Gasteiger partial charge on any atom is -0.496 e. The SMILES string of the molecule is CC/C(=C\c1ccc(C(=O)O)cc1)c1cc(OC)c2c(c1OC)C(C)(C)CCC2(C)C. The second-order valence-corrected chi connectivity index (χ2v) is 9.63. The molecule has 2 aromatic rings. The van der Waals surface area contributed by atoms with Gasteiger partial charge in [0.05, 0.1) is 19.8 Å². The summed E-state index contributed by atoms with van der Waals surface area (Å²) in [5.74, 6) is 0.908. The highest BCUT2D eigenvalue weighted by atomic mass is 16.5. The van der Waals surface area contributed by atoms with E-state index in [2.05, 4.69) is 46.8 Å². The van der Waals surface area contributed by atoms with Gasteiger partial charge in [0.15, 0.2) is 0 Å². The van der Waals surface area contributed by atoms with Crippen LogP contribution in [-0.2, 0) is 10.8 Å². The minimum atomic E-state index is -0.919. The Kier molecular flexibility index (Phi) is 6.22. The second-order valence-electron chi connectivity index (χ2n) is 9.63. The third-order valence-electron chi connectivity index (χ3n) is 6.62. The van der Waals surface area contributed by atoms with Crippen molar-refractivity contribution < 1.29 is 19.4 Å². The molecule has 0 radical (unpaired) electrons. The van der Waals surface area contributed by atoms with Gasteiger partial charge in [-0.1, -0.05) is 52.8 Å². The van der Waals surface area contributed by atoms with Crippen LogP contribution < -0.4 is 9.47 Å². The molecule has 166 valence electrons. The highest BCUT2D eigenvalue weighted by molar-refractivity contribution is 5.89. The van der Waals surface area contributed by atoms with Gasteiger partial charge in [0, 0.05) is 16.7 Å². The van der Waals surface area contributed by atoms with Gasteiger partial charge in [-0.3, -0.25) is 0 Å². The second kappa shape index (κ2) is 8.41. The van der Waals surface area contributed by atoms with Gasteiger partial charge in [-0.2, -0.15) is 0 Å². The normalized spacial score (nSPS) is 17.1. The average Bonchev–Trinajstić information content (AvgIpc) is 2.74. The molecular weight excluding hydrogens is 388 g/mol. The van der Waals surface area contributed by atoms with Gasteiger partial charge in [-0.05, 0) is 59.4 Å². The predicted molar refractivity (Wildman–Crippen MR) is 126 cm³/mol.